The summed E-state index contributed by atoms with van der Waals surface area (Å²) in [5.74, 6) is -0.169. The molecular formula is C16H16Br2FN. The molecule has 2 rings (SSSR count). The van der Waals surface area contributed by atoms with E-state index in [4.69, 9.17) is 0 Å². The van der Waals surface area contributed by atoms with E-state index in [1.54, 1.807) is 6.07 Å². The highest BCUT2D eigenvalue weighted by atomic mass is 79.9. The first-order chi connectivity index (χ1) is 9.51. The van der Waals surface area contributed by atoms with Crippen molar-refractivity contribution >= 4 is 31.9 Å². The smallest absolute Gasteiger partial charge is 0.126 e. The predicted molar refractivity (Wildman–Crippen MR) is 88.5 cm³/mol. The molecule has 2 aromatic rings. The molecule has 0 spiro atoms. The molecule has 20 heavy (non-hydrogen) atoms. The minimum absolute atomic E-state index is 0.0630. The molecule has 0 saturated heterocycles. The van der Waals surface area contributed by atoms with Gasteiger partial charge in [-0.15, -0.1) is 0 Å². The van der Waals surface area contributed by atoms with Crippen LogP contribution in [0.4, 0.5) is 4.39 Å². The van der Waals surface area contributed by atoms with Crippen molar-refractivity contribution in [2.45, 2.75) is 19.4 Å². The highest BCUT2D eigenvalue weighted by molar-refractivity contribution is 9.10. The Morgan fingerprint density at radius 3 is 2.60 bits per heavy atom. The molecule has 0 amide bonds. The third-order valence-electron chi connectivity index (χ3n) is 3.31. The van der Waals surface area contributed by atoms with Gasteiger partial charge in [-0.1, -0.05) is 49.6 Å². The van der Waals surface area contributed by atoms with Gasteiger partial charge in [0.2, 0.25) is 0 Å². The van der Waals surface area contributed by atoms with E-state index in [-0.39, 0.29) is 11.9 Å². The number of likely N-dealkylation sites (N-methyl/N-ethyl adjacent to an activating group) is 1. The molecule has 0 heterocycles. The van der Waals surface area contributed by atoms with Crippen LogP contribution in [0, 0.1) is 12.7 Å². The third kappa shape index (κ3) is 3.68. The largest absolute Gasteiger partial charge is 0.313 e. The highest BCUT2D eigenvalue weighted by Gasteiger charge is 2.16. The molecule has 1 nitrogen and oxygen atoms in total. The zero-order valence-electron chi connectivity index (χ0n) is 11.4. The molecular weight excluding hydrogens is 385 g/mol. The van der Waals surface area contributed by atoms with E-state index in [2.05, 4.69) is 56.2 Å². The maximum Gasteiger partial charge on any atom is 0.126 e. The lowest BCUT2D eigenvalue weighted by Crippen LogP contribution is -2.20. The van der Waals surface area contributed by atoms with Crippen LogP contribution in [0.1, 0.15) is 22.7 Å². The Hall–Kier alpha value is -0.710. The van der Waals surface area contributed by atoms with Gasteiger partial charge < -0.3 is 5.32 Å². The van der Waals surface area contributed by atoms with Crippen LogP contribution in [-0.4, -0.2) is 7.05 Å². The van der Waals surface area contributed by atoms with Crippen molar-refractivity contribution in [3.8, 4) is 0 Å². The van der Waals surface area contributed by atoms with Crippen molar-refractivity contribution in [3.63, 3.8) is 0 Å². The number of hydrogen-bond acceptors (Lipinski definition) is 1. The number of halogens is 3. The topological polar surface area (TPSA) is 12.0 Å². The van der Waals surface area contributed by atoms with Crippen molar-refractivity contribution in [3.05, 3.63) is 67.9 Å². The van der Waals surface area contributed by atoms with E-state index in [1.165, 1.54) is 11.6 Å². The molecule has 0 aliphatic heterocycles. The van der Waals surface area contributed by atoms with Gasteiger partial charge in [0.25, 0.3) is 0 Å². The van der Waals surface area contributed by atoms with E-state index >= 15 is 0 Å². The van der Waals surface area contributed by atoms with Gasteiger partial charge in [-0.2, -0.15) is 0 Å². The summed E-state index contributed by atoms with van der Waals surface area (Å²) in [4.78, 5) is 0. The van der Waals surface area contributed by atoms with Gasteiger partial charge in [0, 0.05) is 15.0 Å². The third-order valence-corrected chi connectivity index (χ3v) is 4.52. The van der Waals surface area contributed by atoms with Crippen LogP contribution >= 0.6 is 31.9 Å². The molecule has 1 atom stereocenters. The molecule has 0 aromatic heterocycles. The average molecular weight is 401 g/mol. The van der Waals surface area contributed by atoms with Crippen molar-refractivity contribution in [2.75, 3.05) is 7.05 Å². The first kappa shape index (κ1) is 15.7. The number of nitrogens with one attached hydrogen (secondary N) is 1. The van der Waals surface area contributed by atoms with Gasteiger partial charge in [0.1, 0.15) is 5.82 Å². The summed E-state index contributed by atoms with van der Waals surface area (Å²) in [5.41, 5.74) is 3.04. The minimum atomic E-state index is -0.169. The Labute approximate surface area is 135 Å². The zero-order valence-corrected chi connectivity index (χ0v) is 14.6. The summed E-state index contributed by atoms with van der Waals surface area (Å²) in [6.07, 6.45) is 0.601. The Morgan fingerprint density at radius 1 is 1.15 bits per heavy atom. The van der Waals surface area contributed by atoms with Gasteiger partial charge in [-0.25, -0.2) is 4.39 Å². The molecule has 106 valence electrons. The van der Waals surface area contributed by atoms with E-state index in [9.17, 15) is 4.39 Å². The molecule has 1 N–H and O–H groups in total. The molecule has 0 aliphatic carbocycles. The van der Waals surface area contributed by atoms with Crippen molar-refractivity contribution in [1.82, 2.24) is 5.32 Å². The molecule has 2 aromatic carbocycles. The van der Waals surface area contributed by atoms with Gasteiger partial charge in [-0.05, 0) is 55.8 Å². The van der Waals surface area contributed by atoms with Crippen LogP contribution in [0.15, 0.2) is 45.3 Å². The van der Waals surface area contributed by atoms with Crippen LogP contribution in [0.2, 0.25) is 0 Å². The lowest BCUT2D eigenvalue weighted by Gasteiger charge is -2.19. The molecule has 0 bridgehead atoms. The first-order valence-corrected chi connectivity index (χ1v) is 7.97. The lowest BCUT2D eigenvalue weighted by molar-refractivity contribution is 0.552. The van der Waals surface area contributed by atoms with Crippen LogP contribution in [0.3, 0.4) is 0 Å². The van der Waals surface area contributed by atoms with Crippen molar-refractivity contribution in [1.29, 1.82) is 0 Å². The fourth-order valence-corrected chi connectivity index (χ4v) is 3.15. The minimum Gasteiger partial charge on any atom is -0.313 e. The lowest BCUT2D eigenvalue weighted by atomic mass is 9.97. The Bertz CT molecular complexity index is 613. The summed E-state index contributed by atoms with van der Waals surface area (Å²) in [5, 5.41) is 3.27. The average Bonchev–Trinajstić information content (AvgIpc) is 2.42. The Balaban J connectivity index is 2.33. The maximum atomic E-state index is 13.9. The highest BCUT2D eigenvalue weighted by Crippen LogP contribution is 2.28. The molecule has 0 aliphatic rings. The number of rotatable bonds is 4. The predicted octanol–water partition coefficient (Wildman–Crippen LogP) is 5.16. The van der Waals surface area contributed by atoms with Crippen LogP contribution < -0.4 is 5.32 Å². The second-order valence-electron chi connectivity index (χ2n) is 4.81. The van der Waals surface area contributed by atoms with E-state index in [1.807, 2.05) is 19.2 Å². The summed E-state index contributed by atoms with van der Waals surface area (Å²) in [6.45, 7) is 2.06. The quantitative estimate of drug-likeness (QED) is 0.747. The standard InChI is InChI=1S/C16H16Br2FN/c1-10-3-5-14(18)13(7-10)16(20-2)9-11-8-12(17)4-6-15(11)19/h3-8,16,20H,9H2,1-2H3. The fraction of sp³-hybridized carbons (Fsp3) is 0.250. The SMILES string of the molecule is CNC(Cc1cc(Br)ccc1F)c1cc(C)ccc1Br. The normalized spacial score (nSPS) is 12.4. The van der Waals surface area contributed by atoms with Crippen molar-refractivity contribution in [2.24, 2.45) is 0 Å². The number of benzene rings is 2. The summed E-state index contributed by atoms with van der Waals surface area (Å²) < 4.78 is 15.8. The fourth-order valence-electron chi connectivity index (χ4n) is 2.22. The molecule has 0 radical (unpaired) electrons. The summed E-state index contributed by atoms with van der Waals surface area (Å²) >= 11 is 6.97. The van der Waals surface area contributed by atoms with Gasteiger partial charge >= 0.3 is 0 Å². The van der Waals surface area contributed by atoms with E-state index in [0.717, 1.165) is 14.5 Å². The number of aryl methyl sites for hydroxylation is 1. The van der Waals surface area contributed by atoms with Crippen LogP contribution in [0.5, 0.6) is 0 Å². The van der Waals surface area contributed by atoms with Crippen LogP contribution in [-0.2, 0) is 6.42 Å². The van der Waals surface area contributed by atoms with E-state index in [0.29, 0.717) is 12.0 Å². The maximum absolute atomic E-state index is 13.9. The van der Waals surface area contributed by atoms with Gasteiger partial charge in [0.05, 0.1) is 0 Å². The Morgan fingerprint density at radius 2 is 1.90 bits per heavy atom. The molecule has 0 fully saturated rings. The summed E-state index contributed by atoms with van der Waals surface area (Å²) in [6, 6.07) is 11.3. The molecule has 1 unspecified atom stereocenters. The van der Waals surface area contributed by atoms with Gasteiger partial charge in [0.15, 0.2) is 0 Å². The molecule has 0 saturated carbocycles. The number of hydrogen-bond donors (Lipinski definition) is 1. The van der Waals surface area contributed by atoms with Gasteiger partial charge in [-0.3, -0.25) is 0 Å². The zero-order chi connectivity index (χ0) is 14.7. The second kappa shape index (κ2) is 6.83. The first-order valence-electron chi connectivity index (χ1n) is 6.38. The van der Waals surface area contributed by atoms with Crippen molar-refractivity contribution < 1.29 is 4.39 Å². The van der Waals surface area contributed by atoms with Crippen LogP contribution in [0.25, 0.3) is 0 Å². The summed E-state index contributed by atoms with van der Waals surface area (Å²) in [7, 11) is 1.90. The Kier molecular flexibility index (Phi) is 5.35. The van der Waals surface area contributed by atoms with E-state index < -0.39 is 0 Å². The second-order valence-corrected chi connectivity index (χ2v) is 6.58. The molecule has 4 heteroatoms. The monoisotopic (exact) mass is 399 g/mol.